The van der Waals surface area contributed by atoms with Crippen molar-refractivity contribution in [1.29, 1.82) is 5.26 Å². The molecule has 0 saturated carbocycles. The van der Waals surface area contributed by atoms with E-state index in [0.29, 0.717) is 22.5 Å². The molecule has 1 atom stereocenters. The van der Waals surface area contributed by atoms with E-state index in [1.54, 1.807) is 36.4 Å². The van der Waals surface area contributed by atoms with Crippen molar-refractivity contribution in [2.75, 3.05) is 19.5 Å². The van der Waals surface area contributed by atoms with Crippen molar-refractivity contribution in [3.63, 3.8) is 0 Å². The molecule has 1 aromatic heterocycles. The maximum atomic E-state index is 13.4. The van der Waals surface area contributed by atoms with E-state index in [9.17, 15) is 24.4 Å². The molecular weight excluding hydrogens is 602 g/mol. The summed E-state index contributed by atoms with van der Waals surface area (Å²) in [5.74, 6) is -1.61. The highest BCUT2D eigenvalue weighted by molar-refractivity contribution is 5.99. The lowest BCUT2D eigenvalue weighted by molar-refractivity contribution is -0.145. The molecule has 0 spiro atoms. The van der Waals surface area contributed by atoms with Crippen LogP contribution in [0.1, 0.15) is 46.8 Å². The van der Waals surface area contributed by atoms with Crippen molar-refractivity contribution < 1.29 is 33.4 Å². The minimum atomic E-state index is -0.789. The Morgan fingerprint density at radius 2 is 1.81 bits per heavy atom. The number of esters is 2. The van der Waals surface area contributed by atoms with Crippen molar-refractivity contribution >= 4 is 46.5 Å². The highest BCUT2D eigenvalue weighted by Crippen LogP contribution is 2.24. The number of fused-ring (bicyclic) bond motifs is 1. The van der Waals surface area contributed by atoms with Crippen LogP contribution in [0.15, 0.2) is 84.6 Å². The first kappa shape index (κ1) is 33.7. The number of rotatable bonds is 13. The van der Waals surface area contributed by atoms with Crippen molar-refractivity contribution in [2.24, 2.45) is 0 Å². The number of carbonyl (C=O) groups excluding carboxylic acids is 4. The van der Waals surface area contributed by atoms with Crippen LogP contribution in [-0.4, -0.2) is 48.5 Å². The van der Waals surface area contributed by atoms with Gasteiger partial charge in [0.2, 0.25) is 5.91 Å². The zero-order valence-corrected chi connectivity index (χ0v) is 25.8. The van der Waals surface area contributed by atoms with Crippen LogP contribution in [-0.2, 0) is 30.5 Å². The average molecular weight is 636 g/mol. The van der Waals surface area contributed by atoms with Gasteiger partial charge in [-0.05, 0) is 66.6 Å². The molecule has 0 bridgehead atoms. The van der Waals surface area contributed by atoms with Crippen LogP contribution in [0.4, 0.5) is 5.82 Å². The van der Waals surface area contributed by atoms with Gasteiger partial charge in [-0.1, -0.05) is 30.3 Å². The highest BCUT2D eigenvalue weighted by atomic mass is 16.5. The Bertz CT molecular complexity index is 1850. The second-order valence-electron chi connectivity index (χ2n) is 10.4. The number of nitrogens with one attached hydrogen (secondary N) is 2. The normalized spacial score (nSPS) is 11.6. The summed E-state index contributed by atoms with van der Waals surface area (Å²) in [5, 5.41) is 15.6. The van der Waals surface area contributed by atoms with Crippen LogP contribution >= 0.6 is 0 Å². The molecular formula is C35H33N5O7. The van der Waals surface area contributed by atoms with E-state index < -0.39 is 29.8 Å². The van der Waals surface area contributed by atoms with Gasteiger partial charge in [0.25, 0.3) is 5.91 Å². The van der Waals surface area contributed by atoms with Crippen LogP contribution in [0.2, 0.25) is 0 Å². The Balaban J connectivity index is 1.55. The smallest absolute Gasteiger partial charge is 0.354 e. The molecule has 4 aromatic rings. The van der Waals surface area contributed by atoms with Gasteiger partial charge in [-0.15, -0.1) is 0 Å². The molecule has 4 rings (SSSR count). The lowest BCUT2D eigenvalue weighted by Crippen LogP contribution is -2.39. The SMILES string of the molecule is COC(=O)C(=Cc1ccc(C#N)cc1OC[C@@H](CCC(=O)OCc1ccccc1)NC(=O)c1ccc2nc(N)ccc2c1)NC(C)=O. The lowest BCUT2D eigenvalue weighted by atomic mass is 10.1. The summed E-state index contributed by atoms with van der Waals surface area (Å²) in [6, 6.07) is 23.5. The molecule has 0 aliphatic heterocycles. The number of nitrogens with zero attached hydrogens (tertiary/aromatic N) is 2. The molecule has 1 heterocycles. The Hall–Kier alpha value is -6.22. The molecule has 0 radical (unpaired) electrons. The van der Waals surface area contributed by atoms with Gasteiger partial charge in [0.05, 0.1) is 30.3 Å². The van der Waals surface area contributed by atoms with Gasteiger partial charge in [0.1, 0.15) is 30.5 Å². The quantitative estimate of drug-likeness (QED) is 0.143. The third-order valence-electron chi connectivity index (χ3n) is 6.85. The first-order valence-corrected chi connectivity index (χ1v) is 14.6. The molecule has 0 saturated heterocycles. The number of nitrogens with two attached hydrogens (primary N) is 1. The number of hydrogen-bond acceptors (Lipinski definition) is 10. The zero-order valence-electron chi connectivity index (χ0n) is 25.8. The number of amides is 2. The number of nitrogen functional groups attached to an aromatic ring is 1. The zero-order chi connectivity index (χ0) is 33.8. The third-order valence-corrected chi connectivity index (χ3v) is 6.85. The molecule has 12 heteroatoms. The monoisotopic (exact) mass is 635 g/mol. The van der Waals surface area contributed by atoms with E-state index in [-0.39, 0.29) is 43.1 Å². The molecule has 47 heavy (non-hydrogen) atoms. The minimum absolute atomic E-state index is 0.0257. The van der Waals surface area contributed by atoms with Gasteiger partial charge in [-0.25, -0.2) is 9.78 Å². The minimum Gasteiger partial charge on any atom is -0.491 e. The number of benzene rings is 3. The fraction of sp³-hybridized carbons (Fsp3) is 0.200. The molecule has 2 amide bonds. The number of hydrogen-bond donors (Lipinski definition) is 3. The average Bonchev–Trinajstić information content (AvgIpc) is 3.08. The first-order chi connectivity index (χ1) is 22.6. The summed E-state index contributed by atoms with van der Waals surface area (Å²) < 4.78 is 16.3. The second-order valence-corrected chi connectivity index (χ2v) is 10.4. The number of carbonyl (C=O) groups is 4. The van der Waals surface area contributed by atoms with E-state index in [1.807, 2.05) is 36.4 Å². The molecule has 240 valence electrons. The van der Waals surface area contributed by atoms with Gasteiger partial charge in [0.15, 0.2) is 0 Å². The van der Waals surface area contributed by atoms with Gasteiger partial charge >= 0.3 is 11.9 Å². The van der Waals surface area contributed by atoms with Crippen LogP contribution in [0.5, 0.6) is 5.75 Å². The van der Waals surface area contributed by atoms with E-state index in [0.717, 1.165) is 10.9 Å². The van der Waals surface area contributed by atoms with Crippen LogP contribution in [0.3, 0.4) is 0 Å². The maximum absolute atomic E-state index is 13.4. The van der Waals surface area contributed by atoms with E-state index in [1.165, 1.54) is 32.2 Å². The second kappa shape index (κ2) is 16.2. The predicted octanol–water partition coefficient (Wildman–Crippen LogP) is 4.04. The number of anilines is 1. The van der Waals surface area contributed by atoms with Crippen LogP contribution < -0.4 is 21.1 Å². The van der Waals surface area contributed by atoms with Crippen LogP contribution in [0.25, 0.3) is 17.0 Å². The predicted molar refractivity (Wildman–Crippen MR) is 173 cm³/mol. The Labute approximate surface area is 271 Å². The van der Waals surface area contributed by atoms with Crippen molar-refractivity contribution in [3.05, 3.63) is 107 Å². The molecule has 3 aromatic carbocycles. The fourth-order valence-electron chi connectivity index (χ4n) is 4.49. The van der Waals surface area contributed by atoms with E-state index >= 15 is 0 Å². The summed E-state index contributed by atoms with van der Waals surface area (Å²) in [7, 11) is 1.17. The van der Waals surface area contributed by atoms with Gasteiger partial charge in [0, 0.05) is 29.9 Å². The van der Waals surface area contributed by atoms with Gasteiger partial charge in [-0.2, -0.15) is 5.26 Å². The Kier molecular flexibility index (Phi) is 11.6. The third kappa shape index (κ3) is 9.89. The van der Waals surface area contributed by atoms with E-state index in [2.05, 4.69) is 15.6 Å². The van der Waals surface area contributed by atoms with Crippen molar-refractivity contribution in [3.8, 4) is 11.8 Å². The van der Waals surface area contributed by atoms with Gasteiger partial charge in [-0.3, -0.25) is 14.4 Å². The summed E-state index contributed by atoms with van der Waals surface area (Å²) in [5.41, 5.74) is 8.08. The van der Waals surface area contributed by atoms with Crippen molar-refractivity contribution in [2.45, 2.75) is 32.4 Å². The summed E-state index contributed by atoms with van der Waals surface area (Å²) >= 11 is 0. The molecule has 0 aliphatic rings. The molecule has 0 aliphatic carbocycles. The lowest BCUT2D eigenvalue weighted by Gasteiger charge is -2.20. The number of nitriles is 1. The standard InChI is InChI=1S/C35H33N5O7/c1-22(41)38-30(35(44)45-2)18-26-9-8-24(19-36)16-31(26)46-21-28(12-15-33(42)47-20-23-6-4-3-5-7-23)39-34(43)27-10-13-29-25(17-27)11-14-32(37)40-29/h3-11,13-14,16-18,28H,12,15,20-21H2,1-2H3,(H2,37,40)(H,38,41)(H,39,43)/t28-/m1/s1. The highest BCUT2D eigenvalue weighted by Gasteiger charge is 2.19. The molecule has 0 unspecified atom stereocenters. The number of methoxy groups -OCH3 is 1. The molecule has 4 N–H and O–H groups in total. The first-order valence-electron chi connectivity index (χ1n) is 14.6. The van der Waals surface area contributed by atoms with Gasteiger partial charge < -0.3 is 30.6 Å². The summed E-state index contributed by atoms with van der Waals surface area (Å²) in [4.78, 5) is 54.3. The number of ether oxygens (including phenoxy) is 3. The molecule has 0 fully saturated rings. The summed E-state index contributed by atoms with van der Waals surface area (Å²) in [6.07, 6.45) is 1.49. The van der Waals surface area contributed by atoms with Crippen molar-refractivity contribution in [1.82, 2.24) is 15.6 Å². The Morgan fingerprint density at radius 1 is 1.02 bits per heavy atom. The fourth-order valence-corrected chi connectivity index (χ4v) is 4.49. The van der Waals surface area contributed by atoms with E-state index in [4.69, 9.17) is 19.9 Å². The molecule has 12 nitrogen and oxygen atoms in total. The van der Waals surface area contributed by atoms with Crippen LogP contribution in [0, 0.1) is 11.3 Å². The topological polar surface area (TPSA) is 183 Å². The largest absolute Gasteiger partial charge is 0.491 e. The summed E-state index contributed by atoms with van der Waals surface area (Å²) in [6.45, 7) is 1.23. The number of pyridine rings is 1. The Morgan fingerprint density at radius 3 is 2.53 bits per heavy atom. The maximum Gasteiger partial charge on any atom is 0.354 e. The number of aromatic nitrogens is 1.